The van der Waals surface area contributed by atoms with Crippen molar-refractivity contribution in [3.63, 3.8) is 0 Å². The molecule has 0 aliphatic carbocycles. The van der Waals surface area contributed by atoms with Crippen LogP contribution in [0, 0.1) is 12.3 Å². The molecule has 0 bridgehead atoms. The molecule has 2 amide bonds. The number of aromatic nitrogens is 1. The fourth-order valence-corrected chi connectivity index (χ4v) is 3.73. The van der Waals surface area contributed by atoms with Crippen LogP contribution in [0.15, 0.2) is 32.3 Å². The summed E-state index contributed by atoms with van der Waals surface area (Å²) in [4.78, 5) is 22.8. The Labute approximate surface area is 139 Å². The molecule has 2 aliphatic heterocycles. The molecular formula is C14H10N6OS2. The van der Waals surface area contributed by atoms with Crippen LogP contribution in [0.1, 0.15) is 5.01 Å². The molecule has 0 fully saturated rings. The average Bonchev–Trinajstić information content (AvgIpc) is 3.29. The summed E-state index contributed by atoms with van der Waals surface area (Å²) in [5.41, 5.74) is 5.26. The minimum atomic E-state index is -0.263. The number of aliphatic imine (C=N–C) groups is 1. The predicted octanol–water partition coefficient (Wildman–Crippen LogP) is 1.82. The summed E-state index contributed by atoms with van der Waals surface area (Å²) in [6.07, 6.45) is 5.24. The molecule has 0 saturated carbocycles. The number of carbonyl (C=O) groups is 1. The Morgan fingerprint density at radius 3 is 3.13 bits per heavy atom. The van der Waals surface area contributed by atoms with E-state index in [1.807, 2.05) is 22.2 Å². The van der Waals surface area contributed by atoms with Crippen molar-refractivity contribution in [2.24, 2.45) is 10.1 Å². The SMILES string of the molecule is C#CCN1NN=C2C(c3nc(-c4ccsc4)cs3)=NCN2C1=O. The smallest absolute Gasteiger partial charge is 0.256 e. The van der Waals surface area contributed by atoms with Crippen LogP contribution in [-0.4, -0.2) is 45.7 Å². The molecule has 0 aromatic carbocycles. The molecule has 9 heteroatoms. The number of hydrazine groups is 1. The van der Waals surface area contributed by atoms with Crippen molar-refractivity contribution < 1.29 is 4.79 Å². The molecular weight excluding hydrogens is 332 g/mol. The van der Waals surface area contributed by atoms with E-state index >= 15 is 0 Å². The van der Waals surface area contributed by atoms with Gasteiger partial charge in [-0.05, 0) is 11.4 Å². The second kappa shape index (κ2) is 5.49. The minimum Gasteiger partial charge on any atom is -0.256 e. The van der Waals surface area contributed by atoms with Crippen molar-refractivity contribution in [1.29, 1.82) is 0 Å². The number of fused-ring (bicyclic) bond motifs is 1. The third kappa shape index (κ3) is 2.28. The second-order valence-corrected chi connectivity index (χ2v) is 6.37. The van der Waals surface area contributed by atoms with Crippen molar-refractivity contribution in [2.75, 3.05) is 13.2 Å². The molecule has 0 atom stereocenters. The van der Waals surface area contributed by atoms with E-state index in [2.05, 4.69) is 26.5 Å². The molecule has 0 radical (unpaired) electrons. The van der Waals surface area contributed by atoms with E-state index in [1.165, 1.54) is 21.2 Å². The number of nitrogens with zero attached hydrogens (tertiary/aromatic N) is 5. The average molecular weight is 342 g/mol. The van der Waals surface area contributed by atoms with E-state index in [9.17, 15) is 4.79 Å². The normalized spacial score (nSPS) is 16.6. The van der Waals surface area contributed by atoms with Crippen LogP contribution in [-0.2, 0) is 0 Å². The number of hydrazone groups is 1. The van der Waals surface area contributed by atoms with Crippen molar-refractivity contribution in [1.82, 2.24) is 20.4 Å². The zero-order valence-electron chi connectivity index (χ0n) is 11.8. The van der Waals surface area contributed by atoms with Gasteiger partial charge in [-0.1, -0.05) is 5.92 Å². The number of rotatable bonds is 3. The Kier molecular flexibility index (Phi) is 3.33. The van der Waals surface area contributed by atoms with E-state index in [4.69, 9.17) is 6.42 Å². The van der Waals surface area contributed by atoms with Gasteiger partial charge in [0.05, 0.1) is 5.69 Å². The first-order chi connectivity index (χ1) is 11.3. The van der Waals surface area contributed by atoms with Crippen LogP contribution in [0.2, 0.25) is 0 Å². The summed E-state index contributed by atoms with van der Waals surface area (Å²) < 4.78 is 0. The standard InChI is InChI=1S/C14H10N6OS2/c1-2-4-20-14(21)19-8-15-11(12(19)17-18-20)13-16-10(7-23-13)9-3-5-22-6-9/h1,3,5-7,18H,4,8H2. The fourth-order valence-electron chi connectivity index (χ4n) is 2.25. The molecule has 23 heavy (non-hydrogen) atoms. The number of thiophene rings is 1. The lowest BCUT2D eigenvalue weighted by Crippen LogP contribution is -2.55. The summed E-state index contributed by atoms with van der Waals surface area (Å²) in [5, 5.41) is 12.3. The van der Waals surface area contributed by atoms with E-state index < -0.39 is 0 Å². The summed E-state index contributed by atoms with van der Waals surface area (Å²) in [5.74, 6) is 2.89. The minimum absolute atomic E-state index is 0.140. The first-order valence-corrected chi connectivity index (χ1v) is 8.49. The van der Waals surface area contributed by atoms with Crippen LogP contribution >= 0.6 is 22.7 Å². The van der Waals surface area contributed by atoms with Gasteiger partial charge in [-0.3, -0.25) is 9.89 Å². The van der Waals surface area contributed by atoms with Gasteiger partial charge in [0, 0.05) is 16.3 Å². The van der Waals surface area contributed by atoms with Gasteiger partial charge < -0.3 is 0 Å². The van der Waals surface area contributed by atoms with Gasteiger partial charge in [-0.15, -0.1) is 22.9 Å². The van der Waals surface area contributed by atoms with Crippen LogP contribution in [0.3, 0.4) is 0 Å². The Bertz CT molecular complexity index is 860. The number of amidine groups is 1. The maximum absolute atomic E-state index is 12.3. The van der Waals surface area contributed by atoms with Crippen molar-refractivity contribution in [2.45, 2.75) is 0 Å². The van der Waals surface area contributed by atoms with Gasteiger partial charge in [0.25, 0.3) is 0 Å². The Morgan fingerprint density at radius 2 is 2.35 bits per heavy atom. The quantitative estimate of drug-likeness (QED) is 0.865. The van der Waals surface area contributed by atoms with Gasteiger partial charge >= 0.3 is 6.03 Å². The van der Waals surface area contributed by atoms with Crippen molar-refractivity contribution >= 4 is 40.3 Å². The topological polar surface area (TPSA) is 73.2 Å². The molecule has 114 valence electrons. The maximum Gasteiger partial charge on any atom is 0.348 e. The van der Waals surface area contributed by atoms with Gasteiger partial charge in [0.2, 0.25) is 0 Å². The third-order valence-electron chi connectivity index (χ3n) is 3.35. The molecule has 0 saturated heterocycles. The molecule has 2 aromatic heterocycles. The number of amides is 2. The largest absolute Gasteiger partial charge is 0.348 e. The highest BCUT2D eigenvalue weighted by molar-refractivity contribution is 7.13. The Hall–Kier alpha value is -2.70. The van der Waals surface area contributed by atoms with Gasteiger partial charge in [0.15, 0.2) is 5.84 Å². The van der Waals surface area contributed by atoms with Crippen LogP contribution in [0.4, 0.5) is 4.79 Å². The van der Waals surface area contributed by atoms with Crippen LogP contribution < -0.4 is 5.53 Å². The summed E-state index contributed by atoms with van der Waals surface area (Å²) >= 11 is 3.11. The highest BCUT2D eigenvalue weighted by Crippen LogP contribution is 2.26. The lowest BCUT2D eigenvalue weighted by Gasteiger charge is -2.29. The van der Waals surface area contributed by atoms with E-state index in [1.54, 1.807) is 11.3 Å². The number of nitrogens with one attached hydrogen (secondary N) is 1. The summed E-state index contributed by atoms with van der Waals surface area (Å²) in [6.45, 7) is 0.365. The Morgan fingerprint density at radius 1 is 1.43 bits per heavy atom. The van der Waals surface area contributed by atoms with E-state index in [-0.39, 0.29) is 19.2 Å². The number of urea groups is 1. The number of terminal acetylenes is 1. The van der Waals surface area contributed by atoms with Crippen LogP contribution in [0.5, 0.6) is 0 Å². The molecule has 2 aliphatic rings. The van der Waals surface area contributed by atoms with Gasteiger partial charge in [0.1, 0.15) is 23.9 Å². The number of hydrogen-bond donors (Lipinski definition) is 1. The number of thiazole rings is 1. The highest BCUT2D eigenvalue weighted by Gasteiger charge is 2.37. The molecule has 7 nitrogen and oxygen atoms in total. The first-order valence-electron chi connectivity index (χ1n) is 6.67. The van der Waals surface area contributed by atoms with Gasteiger partial charge in [-0.25, -0.2) is 20.3 Å². The lowest BCUT2D eigenvalue weighted by atomic mass is 10.3. The molecule has 4 rings (SSSR count). The van der Waals surface area contributed by atoms with Gasteiger partial charge in [-0.2, -0.15) is 11.3 Å². The fraction of sp³-hybridized carbons (Fsp3) is 0.143. The van der Waals surface area contributed by atoms with E-state index in [0.717, 1.165) is 16.3 Å². The molecule has 1 N–H and O–H groups in total. The lowest BCUT2D eigenvalue weighted by molar-refractivity contribution is 0.151. The third-order valence-corrected chi connectivity index (χ3v) is 4.88. The zero-order chi connectivity index (χ0) is 15.8. The molecule has 4 heterocycles. The predicted molar refractivity (Wildman–Crippen MR) is 90.2 cm³/mol. The maximum atomic E-state index is 12.3. The first kappa shape index (κ1) is 13.9. The Balaban J connectivity index is 1.62. The monoisotopic (exact) mass is 342 g/mol. The van der Waals surface area contributed by atoms with Crippen molar-refractivity contribution in [3.8, 4) is 23.6 Å². The number of carbonyl (C=O) groups excluding carboxylic acids is 1. The summed E-state index contributed by atoms with van der Waals surface area (Å²) in [6, 6.07) is 1.76. The summed E-state index contributed by atoms with van der Waals surface area (Å²) in [7, 11) is 0. The second-order valence-electron chi connectivity index (χ2n) is 4.73. The highest BCUT2D eigenvalue weighted by atomic mass is 32.1. The molecule has 0 spiro atoms. The number of hydrogen-bond acceptors (Lipinski definition) is 7. The van der Waals surface area contributed by atoms with Crippen LogP contribution in [0.25, 0.3) is 11.3 Å². The van der Waals surface area contributed by atoms with E-state index in [0.29, 0.717) is 11.5 Å². The zero-order valence-corrected chi connectivity index (χ0v) is 13.4. The molecule has 0 unspecified atom stereocenters. The van der Waals surface area contributed by atoms with Crippen molar-refractivity contribution in [3.05, 3.63) is 27.2 Å². The molecule has 2 aromatic rings.